The molecule has 1 aliphatic rings. The highest BCUT2D eigenvalue weighted by Gasteiger charge is 2.28. The minimum absolute atomic E-state index is 0.102. The monoisotopic (exact) mass is 288 g/mol. The van der Waals surface area contributed by atoms with Crippen LogP contribution in [0.3, 0.4) is 0 Å². The molecule has 2 aromatic rings. The molecule has 0 fully saturated rings. The maximum atomic E-state index is 12.7. The predicted molar refractivity (Wildman–Crippen MR) is 77.0 cm³/mol. The van der Waals surface area contributed by atoms with E-state index in [1.807, 2.05) is 24.3 Å². The number of hydrogen-bond donors (Lipinski definition) is 0. The first-order chi connectivity index (χ1) is 9.68. The molecule has 0 saturated carbocycles. The molecule has 0 amide bonds. The fourth-order valence-corrected chi connectivity index (χ4v) is 3.72. The Morgan fingerprint density at radius 3 is 2.60 bits per heavy atom. The van der Waals surface area contributed by atoms with E-state index < -0.39 is 15.9 Å². The van der Waals surface area contributed by atoms with Crippen LogP contribution in [-0.4, -0.2) is 15.7 Å². The van der Waals surface area contributed by atoms with Crippen LogP contribution >= 0.6 is 0 Å². The van der Waals surface area contributed by atoms with Gasteiger partial charge in [-0.25, -0.2) is 4.21 Å². The molecule has 6 heteroatoms. The Bertz CT molecular complexity index is 702. The summed E-state index contributed by atoms with van der Waals surface area (Å²) in [7, 11) is -1.56. The lowest BCUT2D eigenvalue weighted by molar-refractivity contribution is -0.387. The predicted octanol–water partition coefficient (Wildman–Crippen LogP) is 2.68. The summed E-state index contributed by atoms with van der Waals surface area (Å²) >= 11 is 0. The van der Waals surface area contributed by atoms with Crippen LogP contribution in [0.25, 0.3) is 0 Å². The van der Waals surface area contributed by atoms with Gasteiger partial charge in [0.05, 0.1) is 10.6 Å². The van der Waals surface area contributed by atoms with Crippen molar-refractivity contribution in [1.29, 1.82) is 0 Å². The molecule has 0 aliphatic carbocycles. The summed E-state index contributed by atoms with van der Waals surface area (Å²) in [6, 6.07) is 13.9. The zero-order chi connectivity index (χ0) is 14.1. The van der Waals surface area contributed by atoms with E-state index in [2.05, 4.69) is 0 Å². The van der Waals surface area contributed by atoms with Crippen LogP contribution in [0, 0.1) is 10.1 Å². The van der Waals surface area contributed by atoms with Crippen LogP contribution < -0.4 is 4.31 Å². The summed E-state index contributed by atoms with van der Waals surface area (Å²) in [6.45, 7) is 0.609. The van der Waals surface area contributed by atoms with Crippen LogP contribution in [-0.2, 0) is 17.4 Å². The highest BCUT2D eigenvalue weighted by atomic mass is 32.2. The summed E-state index contributed by atoms with van der Waals surface area (Å²) in [5.74, 6) is 0. The third kappa shape index (κ3) is 2.08. The summed E-state index contributed by atoms with van der Waals surface area (Å²) in [5.41, 5.74) is 1.92. The SMILES string of the molecule is O=[N+]([O-])c1ccccc1S(=O)N1CCc2ccccc21. The van der Waals surface area contributed by atoms with Gasteiger partial charge in [-0.05, 0) is 24.1 Å². The molecule has 102 valence electrons. The molecule has 0 bridgehead atoms. The number of benzene rings is 2. The van der Waals surface area contributed by atoms with E-state index in [0.29, 0.717) is 6.54 Å². The molecular formula is C14H12N2O3S. The Balaban J connectivity index is 2.01. The van der Waals surface area contributed by atoms with Gasteiger partial charge < -0.3 is 0 Å². The average Bonchev–Trinajstić information content (AvgIpc) is 2.90. The van der Waals surface area contributed by atoms with Gasteiger partial charge in [-0.3, -0.25) is 14.4 Å². The first-order valence-electron chi connectivity index (χ1n) is 6.19. The van der Waals surface area contributed by atoms with Gasteiger partial charge in [0.15, 0.2) is 11.0 Å². The van der Waals surface area contributed by atoms with Crippen molar-refractivity contribution in [3.63, 3.8) is 0 Å². The zero-order valence-corrected chi connectivity index (χ0v) is 11.4. The van der Waals surface area contributed by atoms with Gasteiger partial charge in [0.25, 0.3) is 5.69 Å². The maximum Gasteiger partial charge on any atom is 0.287 e. The number of rotatable bonds is 3. The van der Waals surface area contributed by atoms with Crippen LogP contribution in [0.1, 0.15) is 5.56 Å². The molecule has 20 heavy (non-hydrogen) atoms. The number of para-hydroxylation sites is 2. The molecule has 0 aromatic heterocycles. The third-order valence-corrected chi connectivity index (χ3v) is 4.80. The van der Waals surface area contributed by atoms with Crippen LogP contribution in [0.15, 0.2) is 53.4 Å². The van der Waals surface area contributed by atoms with Crippen molar-refractivity contribution >= 4 is 22.4 Å². The molecule has 0 N–H and O–H groups in total. The smallest absolute Gasteiger partial charge is 0.287 e. The van der Waals surface area contributed by atoms with Gasteiger partial charge >= 0.3 is 0 Å². The van der Waals surface area contributed by atoms with E-state index in [9.17, 15) is 14.3 Å². The molecule has 0 radical (unpaired) electrons. The average molecular weight is 288 g/mol. The van der Waals surface area contributed by atoms with Gasteiger partial charge in [-0.1, -0.05) is 30.3 Å². The summed E-state index contributed by atoms with van der Waals surface area (Å²) in [6.07, 6.45) is 0.808. The molecule has 1 atom stereocenters. The molecule has 5 nitrogen and oxygen atoms in total. The van der Waals surface area contributed by atoms with Gasteiger partial charge in [-0.15, -0.1) is 0 Å². The standard InChI is InChI=1S/C14H12N2O3S/c17-16(18)13-7-3-4-8-14(13)20(19)15-10-9-11-5-1-2-6-12(11)15/h1-8H,9-10H2. The first kappa shape index (κ1) is 12.8. The Kier molecular flexibility index (Phi) is 3.23. The third-order valence-electron chi connectivity index (χ3n) is 3.29. The second kappa shape index (κ2) is 5.05. The van der Waals surface area contributed by atoms with E-state index >= 15 is 0 Å². The van der Waals surface area contributed by atoms with Crippen molar-refractivity contribution in [3.05, 3.63) is 64.2 Å². The Hall–Kier alpha value is -2.21. The highest BCUT2D eigenvalue weighted by molar-refractivity contribution is 7.86. The molecular weight excluding hydrogens is 276 g/mol. The van der Waals surface area contributed by atoms with Crippen molar-refractivity contribution in [2.45, 2.75) is 11.3 Å². The summed E-state index contributed by atoms with van der Waals surface area (Å²) < 4.78 is 14.4. The molecule has 0 spiro atoms. The topological polar surface area (TPSA) is 63.5 Å². The fourth-order valence-electron chi connectivity index (χ4n) is 2.35. The molecule has 1 heterocycles. The van der Waals surface area contributed by atoms with Crippen LogP contribution in [0.4, 0.5) is 11.4 Å². The van der Waals surface area contributed by atoms with E-state index in [1.54, 1.807) is 22.5 Å². The van der Waals surface area contributed by atoms with E-state index in [4.69, 9.17) is 0 Å². The summed E-state index contributed by atoms with van der Waals surface area (Å²) in [5, 5.41) is 11.0. The van der Waals surface area contributed by atoms with Crippen molar-refractivity contribution in [3.8, 4) is 0 Å². The van der Waals surface area contributed by atoms with Crippen molar-refractivity contribution in [2.75, 3.05) is 10.8 Å². The minimum atomic E-state index is -1.56. The number of fused-ring (bicyclic) bond motifs is 1. The molecule has 1 unspecified atom stereocenters. The van der Waals surface area contributed by atoms with Gasteiger partial charge in [0.1, 0.15) is 4.90 Å². The van der Waals surface area contributed by atoms with Gasteiger partial charge in [0.2, 0.25) is 0 Å². The number of nitrogens with zero attached hydrogens (tertiary/aromatic N) is 2. The maximum absolute atomic E-state index is 12.7. The Morgan fingerprint density at radius 2 is 1.80 bits per heavy atom. The first-order valence-corrected chi connectivity index (χ1v) is 7.30. The molecule has 3 rings (SSSR count). The quantitative estimate of drug-likeness (QED) is 0.644. The van der Waals surface area contributed by atoms with E-state index in [-0.39, 0.29) is 10.6 Å². The van der Waals surface area contributed by atoms with Gasteiger partial charge in [0, 0.05) is 12.6 Å². The highest BCUT2D eigenvalue weighted by Crippen LogP contribution is 2.33. The molecule has 0 saturated heterocycles. The lowest BCUT2D eigenvalue weighted by Crippen LogP contribution is -2.23. The summed E-state index contributed by atoms with van der Waals surface area (Å²) in [4.78, 5) is 10.8. The fraction of sp³-hybridized carbons (Fsp3) is 0.143. The normalized spacial score (nSPS) is 14.9. The van der Waals surface area contributed by atoms with Crippen molar-refractivity contribution < 1.29 is 9.13 Å². The Morgan fingerprint density at radius 1 is 1.10 bits per heavy atom. The van der Waals surface area contributed by atoms with E-state index in [1.165, 1.54) is 6.07 Å². The zero-order valence-electron chi connectivity index (χ0n) is 10.6. The second-order valence-electron chi connectivity index (χ2n) is 4.45. The lowest BCUT2D eigenvalue weighted by atomic mass is 10.2. The number of nitro groups is 1. The Labute approximate surface area is 118 Å². The van der Waals surface area contributed by atoms with Crippen LogP contribution in [0.5, 0.6) is 0 Å². The number of anilines is 1. The van der Waals surface area contributed by atoms with Crippen molar-refractivity contribution in [1.82, 2.24) is 0 Å². The van der Waals surface area contributed by atoms with Crippen molar-refractivity contribution in [2.24, 2.45) is 0 Å². The van der Waals surface area contributed by atoms with E-state index in [0.717, 1.165) is 17.7 Å². The van der Waals surface area contributed by atoms with Gasteiger partial charge in [-0.2, -0.15) is 0 Å². The van der Waals surface area contributed by atoms with Crippen LogP contribution in [0.2, 0.25) is 0 Å². The number of nitro benzene ring substituents is 1. The number of hydrogen-bond acceptors (Lipinski definition) is 3. The largest absolute Gasteiger partial charge is 0.287 e. The minimum Gasteiger partial charge on any atom is -0.287 e. The molecule has 2 aromatic carbocycles. The second-order valence-corrected chi connectivity index (χ2v) is 5.83. The molecule has 1 aliphatic heterocycles. The lowest BCUT2D eigenvalue weighted by Gasteiger charge is -2.17.